The van der Waals surface area contributed by atoms with Crippen molar-refractivity contribution >= 4 is 57.8 Å². The van der Waals surface area contributed by atoms with Crippen LogP contribution in [0.25, 0.3) is 17.0 Å². The second kappa shape index (κ2) is 15.6. The Balaban J connectivity index is 1.22. The molecule has 0 saturated carbocycles. The Kier molecular flexibility index (Phi) is 10.9. The topological polar surface area (TPSA) is 112 Å². The van der Waals surface area contributed by atoms with Crippen LogP contribution < -0.4 is 20.7 Å². The number of ether oxygens (including phenoxy) is 1. The van der Waals surface area contributed by atoms with Crippen LogP contribution in [-0.2, 0) is 9.59 Å². The zero-order valence-corrected chi connectivity index (χ0v) is 26.5. The van der Waals surface area contributed by atoms with E-state index in [1.54, 1.807) is 48.7 Å². The molecule has 8 nitrogen and oxygen atoms in total. The Morgan fingerprint density at radius 3 is 2.26 bits per heavy atom. The van der Waals surface area contributed by atoms with Crippen molar-refractivity contribution in [3.63, 3.8) is 0 Å². The number of carbonyl (C=O) groups is 3. The van der Waals surface area contributed by atoms with Crippen LogP contribution in [0, 0.1) is 0 Å². The van der Waals surface area contributed by atoms with Crippen molar-refractivity contribution in [2.24, 2.45) is 0 Å². The van der Waals surface area contributed by atoms with Gasteiger partial charge in [0.05, 0.1) is 11.9 Å². The number of hydrogen-bond acceptors (Lipinski definition) is 5. The van der Waals surface area contributed by atoms with E-state index in [2.05, 4.69) is 27.9 Å². The molecule has 234 valence electrons. The summed E-state index contributed by atoms with van der Waals surface area (Å²) in [6.45, 7) is 4.63. The second-order valence-electron chi connectivity index (χ2n) is 10.6. The molecule has 4 aromatic carbocycles. The molecule has 0 bridgehead atoms. The zero-order valence-electron chi connectivity index (χ0n) is 25.7. The van der Waals surface area contributed by atoms with Gasteiger partial charge in [-0.2, -0.15) is 0 Å². The summed E-state index contributed by atoms with van der Waals surface area (Å²) in [7, 11) is 0. The average molecular weight is 633 g/mol. The number of amides is 3. The molecule has 9 heteroatoms. The highest BCUT2D eigenvalue weighted by molar-refractivity contribution is 8.00. The summed E-state index contributed by atoms with van der Waals surface area (Å²) in [5, 5.41) is 9.18. The van der Waals surface area contributed by atoms with Gasteiger partial charge in [-0.05, 0) is 86.2 Å². The Labute approximate surface area is 272 Å². The van der Waals surface area contributed by atoms with Crippen LogP contribution in [0.2, 0.25) is 0 Å². The first kappa shape index (κ1) is 32.1. The van der Waals surface area contributed by atoms with E-state index in [1.807, 2.05) is 73.7 Å². The predicted octanol–water partition coefficient (Wildman–Crippen LogP) is 7.88. The molecule has 0 radical (unpaired) electrons. The molecule has 3 amide bonds. The fourth-order valence-corrected chi connectivity index (χ4v) is 5.46. The predicted molar refractivity (Wildman–Crippen MR) is 186 cm³/mol. The lowest BCUT2D eigenvalue weighted by Crippen LogP contribution is -2.30. The zero-order chi connectivity index (χ0) is 32.3. The van der Waals surface area contributed by atoms with Crippen LogP contribution in [0.1, 0.15) is 42.6 Å². The quantitative estimate of drug-likeness (QED) is 0.0600. The van der Waals surface area contributed by atoms with Crippen molar-refractivity contribution in [1.82, 2.24) is 10.3 Å². The molecule has 5 rings (SSSR count). The first-order valence-corrected chi connectivity index (χ1v) is 16.0. The second-order valence-corrected chi connectivity index (χ2v) is 12.0. The van der Waals surface area contributed by atoms with Gasteiger partial charge in [-0.1, -0.05) is 49.7 Å². The molecule has 1 heterocycles. The highest BCUT2D eigenvalue weighted by Crippen LogP contribution is 2.27. The highest BCUT2D eigenvalue weighted by atomic mass is 32.2. The molecule has 46 heavy (non-hydrogen) atoms. The molecule has 0 spiro atoms. The number of aromatic amines is 1. The SMILES string of the molecule is CCCCOc1ccc(NC(=O)C(C)Sc2ccc(NC(=O)/C(=C/c3c[nH]c4ccccc34)NC(=O)c3ccccc3)cc2)cc1. The summed E-state index contributed by atoms with van der Waals surface area (Å²) in [5.41, 5.74) is 3.48. The maximum atomic E-state index is 13.5. The van der Waals surface area contributed by atoms with Crippen LogP contribution in [0.15, 0.2) is 120 Å². The van der Waals surface area contributed by atoms with Crippen molar-refractivity contribution in [3.8, 4) is 5.75 Å². The monoisotopic (exact) mass is 632 g/mol. The van der Waals surface area contributed by atoms with Crippen molar-refractivity contribution < 1.29 is 19.1 Å². The molecule has 0 aliphatic heterocycles. The minimum absolute atomic E-state index is 0.0999. The fraction of sp³-hybridized carbons (Fsp3) is 0.162. The highest BCUT2D eigenvalue weighted by Gasteiger charge is 2.18. The molecule has 0 saturated heterocycles. The summed E-state index contributed by atoms with van der Waals surface area (Å²) >= 11 is 1.41. The number of nitrogens with one attached hydrogen (secondary N) is 4. The van der Waals surface area contributed by atoms with Crippen molar-refractivity contribution in [2.75, 3.05) is 17.2 Å². The van der Waals surface area contributed by atoms with E-state index >= 15 is 0 Å². The minimum atomic E-state index is -0.468. The van der Waals surface area contributed by atoms with Crippen LogP contribution in [0.5, 0.6) is 5.75 Å². The number of unbranched alkanes of at least 4 members (excludes halogenated alkanes) is 1. The number of benzene rings is 4. The number of carbonyl (C=O) groups excluding carboxylic acids is 3. The summed E-state index contributed by atoms with van der Waals surface area (Å²) < 4.78 is 5.69. The molecule has 0 fully saturated rings. The van der Waals surface area contributed by atoms with Crippen LogP contribution in [-0.4, -0.2) is 34.6 Å². The van der Waals surface area contributed by atoms with E-state index in [0.717, 1.165) is 40.0 Å². The van der Waals surface area contributed by atoms with E-state index in [1.165, 1.54) is 11.8 Å². The number of para-hydroxylation sites is 1. The van der Waals surface area contributed by atoms with Crippen LogP contribution >= 0.6 is 11.8 Å². The number of rotatable bonds is 13. The number of hydrogen-bond donors (Lipinski definition) is 4. The van der Waals surface area contributed by atoms with Gasteiger partial charge in [-0.3, -0.25) is 14.4 Å². The molecular weight excluding hydrogens is 596 g/mol. The largest absolute Gasteiger partial charge is 0.494 e. The summed E-state index contributed by atoms with van der Waals surface area (Å²) in [4.78, 5) is 43.4. The van der Waals surface area contributed by atoms with Crippen molar-refractivity contribution in [1.29, 1.82) is 0 Å². The van der Waals surface area contributed by atoms with E-state index in [-0.39, 0.29) is 16.9 Å². The normalized spacial score (nSPS) is 11.9. The number of anilines is 2. The lowest BCUT2D eigenvalue weighted by molar-refractivity contribution is -0.115. The third kappa shape index (κ3) is 8.67. The van der Waals surface area contributed by atoms with Gasteiger partial charge in [0.2, 0.25) is 5.91 Å². The fourth-order valence-electron chi connectivity index (χ4n) is 4.60. The third-order valence-corrected chi connectivity index (χ3v) is 8.24. The Morgan fingerprint density at radius 2 is 1.52 bits per heavy atom. The first-order valence-electron chi connectivity index (χ1n) is 15.2. The lowest BCUT2D eigenvalue weighted by Gasteiger charge is -2.14. The van der Waals surface area contributed by atoms with E-state index in [4.69, 9.17) is 4.74 Å². The smallest absolute Gasteiger partial charge is 0.272 e. The minimum Gasteiger partial charge on any atom is -0.494 e. The third-order valence-electron chi connectivity index (χ3n) is 7.13. The lowest BCUT2D eigenvalue weighted by atomic mass is 10.1. The maximum Gasteiger partial charge on any atom is 0.272 e. The molecule has 1 atom stereocenters. The van der Waals surface area contributed by atoms with Gasteiger partial charge in [0.15, 0.2) is 0 Å². The molecule has 0 aliphatic rings. The molecule has 5 aromatic rings. The van der Waals surface area contributed by atoms with Gasteiger partial charge >= 0.3 is 0 Å². The van der Waals surface area contributed by atoms with E-state index in [0.29, 0.717) is 23.5 Å². The van der Waals surface area contributed by atoms with Crippen molar-refractivity contribution in [3.05, 3.63) is 126 Å². The van der Waals surface area contributed by atoms with Gasteiger partial charge in [0, 0.05) is 44.5 Å². The first-order chi connectivity index (χ1) is 22.4. The standard InChI is InChI=1S/C37H36N4O4S/c1-3-4-22-45-30-18-14-28(15-19-30)39-35(42)25(2)46-31-20-16-29(17-21-31)40-37(44)34(41-36(43)26-10-6-5-7-11-26)23-27-24-38-33-13-9-8-12-32(27)33/h5-21,23-25,38H,3-4,22H2,1-2H3,(H,39,42)(H,40,44)(H,41,43)/b34-23-. The summed E-state index contributed by atoms with van der Waals surface area (Å²) in [6.07, 6.45) is 5.53. The van der Waals surface area contributed by atoms with Gasteiger partial charge < -0.3 is 25.7 Å². The van der Waals surface area contributed by atoms with Crippen LogP contribution in [0.4, 0.5) is 11.4 Å². The molecule has 4 N–H and O–H groups in total. The van der Waals surface area contributed by atoms with Crippen LogP contribution in [0.3, 0.4) is 0 Å². The molecule has 1 aromatic heterocycles. The molecule has 0 aliphatic carbocycles. The number of aromatic nitrogens is 1. The summed E-state index contributed by atoms with van der Waals surface area (Å²) in [6, 6.07) is 31.1. The number of thioether (sulfide) groups is 1. The van der Waals surface area contributed by atoms with Crippen molar-refractivity contribution in [2.45, 2.75) is 36.8 Å². The summed E-state index contributed by atoms with van der Waals surface area (Å²) in [5.74, 6) is -0.204. The molecule has 1 unspecified atom stereocenters. The number of fused-ring (bicyclic) bond motifs is 1. The Morgan fingerprint density at radius 1 is 0.848 bits per heavy atom. The average Bonchev–Trinajstić information content (AvgIpc) is 3.49. The maximum absolute atomic E-state index is 13.5. The van der Waals surface area contributed by atoms with Gasteiger partial charge in [-0.25, -0.2) is 0 Å². The number of H-pyrrole nitrogens is 1. The Bertz CT molecular complexity index is 1820. The van der Waals surface area contributed by atoms with E-state index in [9.17, 15) is 14.4 Å². The van der Waals surface area contributed by atoms with Gasteiger partial charge in [0.25, 0.3) is 11.8 Å². The van der Waals surface area contributed by atoms with Gasteiger partial charge in [0.1, 0.15) is 11.4 Å². The van der Waals surface area contributed by atoms with E-state index < -0.39 is 11.8 Å². The van der Waals surface area contributed by atoms with Gasteiger partial charge in [-0.15, -0.1) is 11.8 Å². The molecular formula is C37H36N4O4S. The Hall–Kier alpha value is -5.28.